The van der Waals surface area contributed by atoms with Crippen molar-refractivity contribution in [3.63, 3.8) is 0 Å². The molecule has 0 atom stereocenters. The van der Waals surface area contributed by atoms with Gasteiger partial charge in [-0.05, 0) is 0 Å². The molecule has 0 aromatic rings. The lowest BCUT2D eigenvalue weighted by Crippen LogP contribution is -2.32. The topological polar surface area (TPSA) is 46.3 Å². The first-order valence-electron chi connectivity index (χ1n) is 2.30. The number of hydrogen-bond donors (Lipinski definition) is 1. The van der Waals surface area contributed by atoms with E-state index in [1.807, 2.05) is 0 Å². The van der Waals surface area contributed by atoms with Gasteiger partial charge in [-0.2, -0.15) is 0 Å². The van der Waals surface area contributed by atoms with Crippen molar-refractivity contribution in [2.75, 3.05) is 7.05 Å². The SMILES string of the molecule is C=CCC(=O)N(C)N. The van der Waals surface area contributed by atoms with Gasteiger partial charge in [-0.3, -0.25) is 9.80 Å². The molecule has 0 radical (unpaired) electrons. The van der Waals surface area contributed by atoms with Gasteiger partial charge >= 0.3 is 0 Å². The Bertz CT molecular complexity index is 98.6. The van der Waals surface area contributed by atoms with E-state index in [-0.39, 0.29) is 5.91 Å². The van der Waals surface area contributed by atoms with Crippen molar-refractivity contribution in [1.82, 2.24) is 5.01 Å². The van der Waals surface area contributed by atoms with Gasteiger partial charge in [0.1, 0.15) is 0 Å². The van der Waals surface area contributed by atoms with Crippen LogP contribution in [0.15, 0.2) is 12.7 Å². The first kappa shape index (κ1) is 7.17. The van der Waals surface area contributed by atoms with E-state index in [0.29, 0.717) is 6.42 Å². The predicted octanol–water partition coefficient (Wildman–Crippen LogP) is -0.105. The van der Waals surface area contributed by atoms with Gasteiger partial charge in [-0.15, -0.1) is 6.58 Å². The van der Waals surface area contributed by atoms with Gasteiger partial charge in [0, 0.05) is 13.5 Å². The van der Waals surface area contributed by atoms with Crippen LogP contribution in [0.25, 0.3) is 0 Å². The molecule has 0 aliphatic heterocycles. The maximum atomic E-state index is 10.5. The average Bonchev–Trinajstić information content (AvgIpc) is 1.67. The van der Waals surface area contributed by atoms with Gasteiger partial charge < -0.3 is 0 Å². The molecule has 0 aromatic carbocycles. The lowest BCUT2D eigenvalue weighted by Gasteiger charge is -2.05. The summed E-state index contributed by atoms with van der Waals surface area (Å²) in [5.41, 5.74) is 0. The van der Waals surface area contributed by atoms with E-state index in [9.17, 15) is 4.79 Å². The first-order valence-corrected chi connectivity index (χ1v) is 2.30. The third-order valence-corrected chi connectivity index (χ3v) is 0.712. The van der Waals surface area contributed by atoms with Crippen LogP contribution in [-0.2, 0) is 4.79 Å². The molecule has 3 heteroatoms. The fraction of sp³-hybridized carbons (Fsp3) is 0.400. The van der Waals surface area contributed by atoms with Crippen LogP contribution in [0.2, 0.25) is 0 Å². The minimum Gasteiger partial charge on any atom is -0.284 e. The summed E-state index contributed by atoms with van der Waals surface area (Å²) in [5, 5.41) is 1.04. The van der Waals surface area contributed by atoms with E-state index in [1.165, 1.54) is 13.1 Å². The van der Waals surface area contributed by atoms with Gasteiger partial charge in [-0.1, -0.05) is 6.08 Å². The molecule has 8 heavy (non-hydrogen) atoms. The lowest BCUT2D eigenvalue weighted by molar-refractivity contribution is -0.129. The molecule has 2 N–H and O–H groups in total. The summed E-state index contributed by atoms with van der Waals surface area (Å²) in [7, 11) is 1.51. The summed E-state index contributed by atoms with van der Waals surface area (Å²) in [6, 6.07) is 0. The van der Waals surface area contributed by atoms with Crippen molar-refractivity contribution in [1.29, 1.82) is 0 Å². The zero-order valence-electron chi connectivity index (χ0n) is 4.92. The van der Waals surface area contributed by atoms with Crippen LogP contribution in [0.3, 0.4) is 0 Å². The highest BCUT2D eigenvalue weighted by atomic mass is 16.2. The van der Waals surface area contributed by atoms with Crippen LogP contribution in [0.5, 0.6) is 0 Å². The molecule has 0 saturated carbocycles. The number of rotatable bonds is 2. The summed E-state index contributed by atoms with van der Waals surface area (Å²) in [4.78, 5) is 10.5. The molecule has 0 bridgehead atoms. The van der Waals surface area contributed by atoms with E-state index >= 15 is 0 Å². The Labute approximate surface area is 48.7 Å². The third kappa shape index (κ3) is 2.36. The molecule has 0 heterocycles. The number of carbonyl (C=O) groups is 1. The minimum absolute atomic E-state index is 0.125. The third-order valence-electron chi connectivity index (χ3n) is 0.712. The lowest BCUT2D eigenvalue weighted by atomic mass is 10.4. The molecule has 0 unspecified atom stereocenters. The second-order valence-electron chi connectivity index (χ2n) is 1.50. The fourth-order valence-electron chi connectivity index (χ4n) is 0.267. The quantitative estimate of drug-likeness (QED) is 0.236. The molecule has 0 aliphatic carbocycles. The molecule has 3 nitrogen and oxygen atoms in total. The van der Waals surface area contributed by atoms with Gasteiger partial charge in [0.2, 0.25) is 5.91 Å². The van der Waals surface area contributed by atoms with E-state index in [2.05, 4.69) is 6.58 Å². The van der Waals surface area contributed by atoms with Gasteiger partial charge in [0.25, 0.3) is 0 Å². The smallest absolute Gasteiger partial charge is 0.239 e. The summed E-state index contributed by atoms with van der Waals surface area (Å²) in [6.45, 7) is 3.38. The Kier molecular flexibility index (Phi) is 2.88. The van der Waals surface area contributed by atoms with Crippen molar-refractivity contribution < 1.29 is 4.79 Å². The number of carbonyl (C=O) groups excluding carboxylic acids is 1. The summed E-state index contributed by atoms with van der Waals surface area (Å²) in [6.07, 6.45) is 1.83. The van der Waals surface area contributed by atoms with Gasteiger partial charge in [0.05, 0.1) is 0 Å². The van der Waals surface area contributed by atoms with Crippen molar-refractivity contribution >= 4 is 5.91 Å². The molecule has 0 aromatic heterocycles. The molecule has 0 spiro atoms. The van der Waals surface area contributed by atoms with Crippen LogP contribution in [0.4, 0.5) is 0 Å². The van der Waals surface area contributed by atoms with E-state index < -0.39 is 0 Å². The van der Waals surface area contributed by atoms with Crippen LogP contribution in [0, 0.1) is 0 Å². The Morgan fingerprint density at radius 1 is 2.00 bits per heavy atom. The standard InChI is InChI=1S/C5H10N2O/c1-3-4-5(8)7(2)6/h3H,1,4,6H2,2H3. The van der Waals surface area contributed by atoms with Crippen molar-refractivity contribution in [2.45, 2.75) is 6.42 Å². The highest BCUT2D eigenvalue weighted by Gasteiger charge is 1.97. The summed E-state index contributed by atoms with van der Waals surface area (Å²) in [5.74, 6) is 4.93. The molecule has 1 amide bonds. The Morgan fingerprint density at radius 3 is 2.62 bits per heavy atom. The molecule has 0 aliphatic rings. The molecular formula is C5H10N2O. The van der Waals surface area contributed by atoms with Crippen molar-refractivity contribution in [2.24, 2.45) is 5.84 Å². The van der Waals surface area contributed by atoms with E-state index in [1.54, 1.807) is 0 Å². The van der Waals surface area contributed by atoms with E-state index in [0.717, 1.165) is 5.01 Å². The first-order chi connectivity index (χ1) is 3.68. The maximum Gasteiger partial charge on any atom is 0.239 e. The Hall–Kier alpha value is -0.830. The van der Waals surface area contributed by atoms with Crippen LogP contribution in [-0.4, -0.2) is 18.0 Å². The largest absolute Gasteiger partial charge is 0.284 e. The highest BCUT2D eigenvalue weighted by Crippen LogP contribution is 1.82. The molecule has 0 fully saturated rings. The maximum absolute atomic E-state index is 10.5. The summed E-state index contributed by atoms with van der Waals surface area (Å²) < 4.78 is 0. The fourth-order valence-corrected chi connectivity index (χ4v) is 0.267. The Balaban J connectivity index is 3.48. The molecule has 0 rings (SSSR count). The zero-order valence-corrected chi connectivity index (χ0v) is 4.92. The minimum atomic E-state index is -0.125. The Morgan fingerprint density at radius 2 is 2.50 bits per heavy atom. The monoisotopic (exact) mass is 114 g/mol. The normalized spacial score (nSPS) is 8.25. The number of hydrogen-bond acceptors (Lipinski definition) is 2. The zero-order chi connectivity index (χ0) is 6.57. The van der Waals surface area contributed by atoms with Crippen LogP contribution in [0.1, 0.15) is 6.42 Å². The van der Waals surface area contributed by atoms with Crippen molar-refractivity contribution in [3.05, 3.63) is 12.7 Å². The molecular weight excluding hydrogens is 104 g/mol. The number of hydrazine groups is 1. The molecule has 46 valence electrons. The highest BCUT2D eigenvalue weighted by molar-refractivity contribution is 5.76. The second-order valence-corrected chi connectivity index (χ2v) is 1.50. The number of nitrogens with two attached hydrogens (primary N) is 1. The van der Waals surface area contributed by atoms with Gasteiger partial charge in [-0.25, -0.2) is 5.84 Å². The number of nitrogens with zero attached hydrogens (tertiary/aromatic N) is 1. The van der Waals surface area contributed by atoms with Crippen LogP contribution >= 0.6 is 0 Å². The van der Waals surface area contributed by atoms with E-state index in [4.69, 9.17) is 5.84 Å². The average molecular weight is 114 g/mol. The number of amides is 1. The van der Waals surface area contributed by atoms with Crippen LogP contribution < -0.4 is 5.84 Å². The second kappa shape index (κ2) is 3.21. The van der Waals surface area contributed by atoms with Gasteiger partial charge in [0.15, 0.2) is 0 Å². The van der Waals surface area contributed by atoms with Crippen molar-refractivity contribution in [3.8, 4) is 0 Å². The molecule has 0 saturated heterocycles. The predicted molar refractivity (Wildman–Crippen MR) is 31.8 cm³/mol. The summed E-state index contributed by atoms with van der Waals surface area (Å²) >= 11 is 0.